The van der Waals surface area contributed by atoms with Gasteiger partial charge in [0.15, 0.2) is 0 Å². The van der Waals surface area contributed by atoms with Crippen molar-refractivity contribution in [2.24, 2.45) is 0 Å². The summed E-state index contributed by atoms with van der Waals surface area (Å²) in [6, 6.07) is 18.0. The standard InChI is InChI=1S/C17H16O2/c1-12-14-9-5-6-10-16(14)19-17(18)11-15(12)13-7-3-2-4-8-13/h2-10,12,15H,11H2,1H3/t12-,15+/m0/s1. The first-order valence-electron chi connectivity index (χ1n) is 6.60. The molecule has 0 aromatic heterocycles. The first-order chi connectivity index (χ1) is 9.25. The fraction of sp³-hybridized carbons (Fsp3) is 0.235. The minimum atomic E-state index is -0.148. The van der Waals surface area contributed by atoms with E-state index in [-0.39, 0.29) is 17.8 Å². The van der Waals surface area contributed by atoms with Gasteiger partial charge in [-0.2, -0.15) is 0 Å². The van der Waals surface area contributed by atoms with Crippen molar-refractivity contribution in [3.8, 4) is 5.75 Å². The molecule has 96 valence electrons. The van der Waals surface area contributed by atoms with Crippen LogP contribution in [0.1, 0.15) is 36.3 Å². The van der Waals surface area contributed by atoms with Gasteiger partial charge in [-0.3, -0.25) is 4.79 Å². The van der Waals surface area contributed by atoms with Crippen molar-refractivity contribution < 1.29 is 9.53 Å². The van der Waals surface area contributed by atoms with Crippen molar-refractivity contribution >= 4 is 5.97 Å². The van der Waals surface area contributed by atoms with Gasteiger partial charge in [0.05, 0.1) is 6.42 Å². The molecular weight excluding hydrogens is 236 g/mol. The summed E-state index contributed by atoms with van der Waals surface area (Å²) in [5.41, 5.74) is 2.31. The highest BCUT2D eigenvalue weighted by atomic mass is 16.5. The number of para-hydroxylation sites is 1. The molecule has 0 saturated heterocycles. The van der Waals surface area contributed by atoms with E-state index in [2.05, 4.69) is 25.1 Å². The molecule has 0 unspecified atom stereocenters. The summed E-state index contributed by atoms with van der Waals surface area (Å²) in [5.74, 6) is 1.01. The number of rotatable bonds is 1. The van der Waals surface area contributed by atoms with E-state index in [1.807, 2.05) is 36.4 Å². The van der Waals surface area contributed by atoms with E-state index >= 15 is 0 Å². The van der Waals surface area contributed by atoms with E-state index in [0.717, 1.165) is 5.56 Å². The summed E-state index contributed by atoms with van der Waals surface area (Å²) in [7, 11) is 0. The molecule has 2 aromatic carbocycles. The smallest absolute Gasteiger partial charge is 0.311 e. The molecule has 2 heteroatoms. The third-order valence-electron chi connectivity index (χ3n) is 3.85. The van der Waals surface area contributed by atoms with Crippen LogP contribution >= 0.6 is 0 Å². The molecule has 2 nitrogen and oxygen atoms in total. The van der Waals surface area contributed by atoms with Gasteiger partial charge in [-0.1, -0.05) is 55.5 Å². The highest BCUT2D eigenvalue weighted by molar-refractivity contribution is 5.75. The van der Waals surface area contributed by atoms with Gasteiger partial charge in [0.1, 0.15) is 5.75 Å². The van der Waals surface area contributed by atoms with Crippen LogP contribution in [-0.2, 0) is 4.79 Å². The first kappa shape index (κ1) is 12.0. The molecule has 0 spiro atoms. The largest absolute Gasteiger partial charge is 0.426 e. The second-order valence-corrected chi connectivity index (χ2v) is 5.02. The summed E-state index contributed by atoms with van der Waals surface area (Å²) in [4.78, 5) is 12.0. The second-order valence-electron chi connectivity index (χ2n) is 5.02. The van der Waals surface area contributed by atoms with Crippen molar-refractivity contribution in [2.45, 2.75) is 25.2 Å². The summed E-state index contributed by atoms with van der Waals surface area (Å²) in [5, 5.41) is 0. The van der Waals surface area contributed by atoms with Crippen LogP contribution in [0.2, 0.25) is 0 Å². The lowest BCUT2D eigenvalue weighted by Crippen LogP contribution is -2.12. The molecule has 1 aliphatic rings. The quantitative estimate of drug-likeness (QED) is 0.568. The van der Waals surface area contributed by atoms with E-state index in [1.165, 1.54) is 5.56 Å². The summed E-state index contributed by atoms with van der Waals surface area (Å²) < 4.78 is 5.44. The van der Waals surface area contributed by atoms with Crippen LogP contribution in [0.4, 0.5) is 0 Å². The molecule has 2 atom stereocenters. The zero-order valence-corrected chi connectivity index (χ0v) is 10.9. The van der Waals surface area contributed by atoms with Gasteiger partial charge in [-0.25, -0.2) is 0 Å². The molecular formula is C17H16O2. The van der Waals surface area contributed by atoms with Crippen molar-refractivity contribution in [2.75, 3.05) is 0 Å². The molecule has 1 heterocycles. The third-order valence-corrected chi connectivity index (χ3v) is 3.85. The van der Waals surface area contributed by atoms with Crippen LogP contribution in [0.5, 0.6) is 5.75 Å². The summed E-state index contributed by atoms with van der Waals surface area (Å²) in [6.45, 7) is 2.17. The van der Waals surface area contributed by atoms with E-state index in [9.17, 15) is 4.79 Å². The lowest BCUT2D eigenvalue weighted by Gasteiger charge is -2.21. The molecule has 3 rings (SSSR count). The van der Waals surface area contributed by atoms with Crippen molar-refractivity contribution in [3.05, 3.63) is 65.7 Å². The fourth-order valence-electron chi connectivity index (χ4n) is 2.79. The highest BCUT2D eigenvalue weighted by Gasteiger charge is 2.30. The van der Waals surface area contributed by atoms with Gasteiger partial charge in [-0.15, -0.1) is 0 Å². The molecule has 0 fully saturated rings. The Balaban J connectivity index is 2.06. The maximum atomic E-state index is 12.0. The second kappa shape index (κ2) is 4.88. The minimum absolute atomic E-state index is 0.148. The van der Waals surface area contributed by atoms with Crippen LogP contribution in [0, 0.1) is 0 Å². The van der Waals surface area contributed by atoms with Crippen LogP contribution in [-0.4, -0.2) is 5.97 Å². The van der Waals surface area contributed by atoms with Crippen LogP contribution in [0.25, 0.3) is 0 Å². The normalized spacial score (nSPS) is 22.3. The molecule has 1 aliphatic heterocycles. The van der Waals surface area contributed by atoms with Crippen molar-refractivity contribution in [1.82, 2.24) is 0 Å². The van der Waals surface area contributed by atoms with Crippen LogP contribution in [0.3, 0.4) is 0 Å². The maximum Gasteiger partial charge on any atom is 0.311 e. The van der Waals surface area contributed by atoms with Gasteiger partial charge < -0.3 is 4.74 Å². The van der Waals surface area contributed by atoms with Crippen LogP contribution < -0.4 is 4.74 Å². The van der Waals surface area contributed by atoms with E-state index in [4.69, 9.17) is 4.74 Å². The van der Waals surface area contributed by atoms with E-state index in [1.54, 1.807) is 0 Å². The lowest BCUT2D eigenvalue weighted by molar-refractivity contribution is -0.134. The fourth-order valence-corrected chi connectivity index (χ4v) is 2.79. The Morgan fingerprint density at radius 3 is 2.47 bits per heavy atom. The number of ether oxygens (including phenoxy) is 1. The molecule has 2 aromatic rings. The van der Waals surface area contributed by atoms with Gasteiger partial charge in [0.2, 0.25) is 0 Å². The summed E-state index contributed by atoms with van der Waals surface area (Å²) >= 11 is 0. The zero-order chi connectivity index (χ0) is 13.2. The van der Waals surface area contributed by atoms with Crippen molar-refractivity contribution in [1.29, 1.82) is 0 Å². The van der Waals surface area contributed by atoms with Gasteiger partial charge >= 0.3 is 5.97 Å². The Bertz CT molecular complexity index is 589. The summed E-state index contributed by atoms with van der Waals surface area (Å²) in [6.07, 6.45) is 0.430. The first-order valence-corrected chi connectivity index (χ1v) is 6.60. The molecule has 0 bridgehead atoms. The predicted molar refractivity (Wildman–Crippen MR) is 74.3 cm³/mol. The number of fused-ring (bicyclic) bond motifs is 1. The van der Waals surface area contributed by atoms with Gasteiger partial charge in [-0.05, 0) is 23.1 Å². The number of carbonyl (C=O) groups is 1. The number of benzene rings is 2. The molecule has 0 radical (unpaired) electrons. The molecule has 19 heavy (non-hydrogen) atoms. The van der Waals surface area contributed by atoms with Crippen LogP contribution in [0.15, 0.2) is 54.6 Å². The SMILES string of the molecule is C[C@H]1c2ccccc2OC(=O)C[C@H]1c1ccccc1. The molecule has 0 saturated carbocycles. The topological polar surface area (TPSA) is 26.3 Å². The predicted octanol–water partition coefficient (Wildman–Crippen LogP) is 3.88. The highest BCUT2D eigenvalue weighted by Crippen LogP contribution is 2.41. The average Bonchev–Trinajstić information content (AvgIpc) is 2.57. The maximum absolute atomic E-state index is 12.0. The average molecular weight is 252 g/mol. The Kier molecular flexibility index (Phi) is 3.08. The Labute approximate surface area is 113 Å². The minimum Gasteiger partial charge on any atom is -0.426 e. The number of carbonyl (C=O) groups excluding carboxylic acids is 1. The monoisotopic (exact) mass is 252 g/mol. The number of hydrogen-bond acceptors (Lipinski definition) is 2. The van der Waals surface area contributed by atoms with E-state index < -0.39 is 0 Å². The number of esters is 1. The zero-order valence-electron chi connectivity index (χ0n) is 10.9. The molecule has 0 aliphatic carbocycles. The Morgan fingerprint density at radius 1 is 1.00 bits per heavy atom. The van der Waals surface area contributed by atoms with E-state index in [0.29, 0.717) is 12.2 Å². The van der Waals surface area contributed by atoms with Gasteiger partial charge in [0.25, 0.3) is 0 Å². The third kappa shape index (κ3) is 2.26. The number of hydrogen-bond donors (Lipinski definition) is 0. The van der Waals surface area contributed by atoms with Gasteiger partial charge in [0, 0.05) is 5.92 Å². The molecule has 0 N–H and O–H groups in total. The Morgan fingerprint density at radius 2 is 1.68 bits per heavy atom. The van der Waals surface area contributed by atoms with Crippen molar-refractivity contribution in [3.63, 3.8) is 0 Å². The molecule has 0 amide bonds. The Hall–Kier alpha value is -2.09. The lowest BCUT2D eigenvalue weighted by atomic mass is 9.81.